The van der Waals surface area contributed by atoms with E-state index in [1.165, 1.54) is 11.9 Å². The summed E-state index contributed by atoms with van der Waals surface area (Å²) in [4.78, 5) is 35.2. The van der Waals surface area contributed by atoms with Gasteiger partial charge in [0.05, 0.1) is 17.0 Å². The number of rotatable bonds is 5. The van der Waals surface area contributed by atoms with Crippen molar-refractivity contribution in [3.63, 3.8) is 0 Å². The lowest BCUT2D eigenvalue weighted by molar-refractivity contribution is -0.130. The molecule has 188 valence electrons. The summed E-state index contributed by atoms with van der Waals surface area (Å²) in [6.45, 7) is 5.36. The molecule has 4 aromatic rings. The summed E-state index contributed by atoms with van der Waals surface area (Å²) in [7, 11) is 5.56. The number of amides is 2. The Kier molecular flexibility index (Phi) is 6.03. The van der Waals surface area contributed by atoms with Crippen molar-refractivity contribution in [1.82, 2.24) is 19.4 Å². The average molecular weight is 495 g/mol. The number of aromatic nitrogens is 3. The number of hydrogen-bond donors (Lipinski definition) is 2. The molecule has 0 radical (unpaired) electrons. The maximum absolute atomic E-state index is 12.7. The van der Waals surface area contributed by atoms with Crippen molar-refractivity contribution >= 4 is 34.4 Å². The molecule has 2 heterocycles. The van der Waals surface area contributed by atoms with Crippen LogP contribution in [0.4, 0.5) is 11.5 Å². The Balaban J connectivity index is 1.65. The van der Waals surface area contributed by atoms with Gasteiger partial charge in [-0.2, -0.15) is 0 Å². The van der Waals surface area contributed by atoms with E-state index in [2.05, 4.69) is 40.1 Å². The number of benzene rings is 2. The number of likely N-dealkylation sites (N-methyl/N-ethyl adjacent to an activating group) is 1. The molecule has 0 aliphatic heterocycles. The highest BCUT2D eigenvalue weighted by Gasteiger charge is 2.31. The van der Waals surface area contributed by atoms with Crippen LogP contribution >= 0.6 is 0 Å². The number of aryl methyl sites for hydroxylation is 2. The topological polar surface area (TPSA) is 106 Å². The Labute approximate surface area is 215 Å². The number of hydrogen-bond acceptors (Lipinski definition) is 5. The third-order valence-corrected chi connectivity index (χ3v) is 7.05. The standard InChI is InChI=1S/C29H30N6O2/c1-16(2)28(36)33-20-10-6-17(7-11-20)25-23(24-26(30)31-15-32-27(24)35(25)5)19-9-12-21-18(14-19)8-13-22(21)29(37)34(3)4/h6-7,9-12,14-15,22H,1,8,13H2,2-5H3,(H,33,36)(H2,30,31,32). The van der Waals surface area contributed by atoms with Gasteiger partial charge < -0.3 is 20.5 Å². The fourth-order valence-corrected chi connectivity index (χ4v) is 5.19. The third kappa shape index (κ3) is 4.14. The first-order chi connectivity index (χ1) is 17.7. The van der Waals surface area contributed by atoms with Gasteiger partial charge in [0.1, 0.15) is 17.8 Å². The highest BCUT2D eigenvalue weighted by Crippen LogP contribution is 2.44. The Hall–Kier alpha value is -4.46. The van der Waals surface area contributed by atoms with Gasteiger partial charge in [0.2, 0.25) is 5.91 Å². The van der Waals surface area contributed by atoms with E-state index in [-0.39, 0.29) is 17.7 Å². The Morgan fingerprint density at radius 3 is 2.49 bits per heavy atom. The number of nitrogens with one attached hydrogen (secondary N) is 1. The first-order valence-electron chi connectivity index (χ1n) is 12.2. The van der Waals surface area contributed by atoms with E-state index in [4.69, 9.17) is 5.73 Å². The Morgan fingerprint density at radius 1 is 1.11 bits per heavy atom. The van der Waals surface area contributed by atoms with Crippen LogP contribution in [-0.2, 0) is 23.1 Å². The largest absolute Gasteiger partial charge is 0.383 e. The molecule has 8 heteroatoms. The van der Waals surface area contributed by atoms with Gasteiger partial charge in [0.15, 0.2) is 0 Å². The number of carbonyl (C=O) groups excluding carboxylic acids is 2. The van der Waals surface area contributed by atoms with E-state index in [9.17, 15) is 9.59 Å². The summed E-state index contributed by atoms with van der Waals surface area (Å²) in [6, 6.07) is 14.0. The van der Waals surface area contributed by atoms with Crippen LogP contribution in [0.25, 0.3) is 33.4 Å². The molecule has 2 amide bonds. The molecule has 0 saturated heterocycles. The van der Waals surface area contributed by atoms with Gasteiger partial charge in [-0.3, -0.25) is 9.59 Å². The van der Waals surface area contributed by atoms with Crippen LogP contribution in [0, 0.1) is 0 Å². The highest BCUT2D eigenvalue weighted by atomic mass is 16.2. The van der Waals surface area contributed by atoms with Crippen molar-refractivity contribution in [1.29, 1.82) is 0 Å². The molecule has 2 aromatic heterocycles. The van der Waals surface area contributed by atoms with Crippen molar-refractivity contribution in [2.75, 3.05) is 25.1 Å². The molecule has 1 atom stereocenters. The van der Waals surface area contributed by atoms with Crippen LogP contribution in [0.3, 0.4) is 0 Å². The quantitative estimate of drug-likeness (QED) is 0.397. The molecule has 0 saturated carbocycles. The van der Waals surface area contributed by atoms with Gasteiger partial charge >= 0.3 is 0 Å². The van der Waals surface area contributed by atoms with Crippen molar-refractivity contribution in [3.8, 4) is 22.4 Å². The molecular weight excluding hydrogens is 464 g/mol. The number of nitrogens with zero attached hydrogens (tertiary/aromatic N) is 4. The zero-order chi connectivity index (χ0) is 26.4. The summed E-state index contributed by atoms with van der Waals surface area (Å²) in [5.41, 5.74) is 14.4. The summed E-state index contributed by atoms with van der Waals surface area (Å²) in [5, 5.41) is 3.64. The first kappa shape index (κ1) is 24.2. The predicted molar refractivity (Wildman–Crippen MR) is 147 cm³/mol. The molecule has 0 fully saturated rings. The molecule has 2 aromatic carbocycles. The number of anilines is 2. The molecule has 0 spiro atoms. The van der Waals surface area contributed by atoms with Gasteiger partial charge in [-0.15, -0.1) is 0 Å². The predicted octanol–water partition coefficient (Wildman–Crippen LogP) is 4.52. The molecule has 1 aliphatic carbocycles. The van der Waals surface area contributed by atoms with Gasteiger partial charge in [-0.1, -0.05) is 36.9 Å². The van der Waals surface area contributed by atoms with E-state index in [1.807, 2.05) is 35.9 Å². The monoisotopic (exact) mass is 494 g/mol. The van der Waals surface area contributed by atoms with E-state index >= 15 is 0 Å². The van der Waals surface area contributed by atoms with E-state index in [0.717, 1.165) is 51.8 Å². The Morgan fingerprint density at radius 2 is 1.81 bits per heavy atom. The van der Waals surface area contributed by atoms with Crippen LogP contribution < -0.4 is 11.1 Å². The van der Waals surface area contributed by atoms with Gasteiger partial charge in [-0.25, -0.2) is 9.97 Å². The van der Waals surface area contributed by atoms with Gasteiger partial charge in [0, 0.05) is 38.0 Å². The minimum absolute atomic E-state index is 0.110. The minimum atomic E-state index is -0.217. The van der Waals surface area contributed by atoms with Gasteiger partial charge in [0.25, 0.3) is 5.91 Å². The third-order valence-electron chi connectivity index (χ3n) is 7.05. The number of nitrogens with two attached hydrogens (primary N) is 1. The number of nitrogen functional groups attached to an aromatic ring is 1. The van der Waals surface area contributed by atoms with E-state index in [1.54, 1.807) is 25.9 Å². The zero-order valence-corrected chi connectivity index (χ0v) is 21.5. The molecule has 3 N–H and O–H groups in total. The maximum atomic E-state index is 12.7. The molecule has 1 unspecified atom stereocenters. The lowest BCUT2D eigenvalue weighted by Gasteiger charge is -2.17. The molecule has 0 bridgehead atoms. The van der Waals surface area contributed by atoms with Crippen LogP contribution in [0.5, 0.6) is 0 Å². The second kappa shape index (κ2) is 9.20. The number of fused-ring (bicyclic) bond motifs is 2. The highest BCUT2D eigenvalue weighted by molar-refractivity contribution is 6.08. The fourth-order valence-electron chi connectivity index (χ4n) is 5.19. The smallest absolute Gasteiger partial charge is 0.250 e. The number of carbonyl (C=O) groups is 2. The van der Waals surface area contributed by atoms with Crippen molar-refractivity contribution in [2.45, 2.75) is 25.7 Å². The fraction of sp³-hybridized carbons (Fsp3) is 0.241. The summed E-state index contributed by atoms with van der Waals surface area (Å²) >= 11 is 0. The molecule has 8 nitrogen and oxygen atoms in total. The summed E-state index contributed by atoms with van der Waals surface area (Å²) < 4.78 is 2.02. The average Bonchev–Trinajstić information content (AvgIpc) is 3.43. The van der Waals surface area contributed by atoms with Crippen LogP contribution in [0.2, 0.25) is 0 Å². The van der Waals surface area contributed by atoms with Crippen molar-refractivity contribution in [3.05, 3.63) is 72.1 Å². The normalized spacial score (nSPS) is 14.4. The van der Waals surface area contributed by atoms with Crippen LogP contribution in [-0.4, -0.2) is 45.3 Å². The maximum Gasteiger partial charge on any atom is 0.250 e. The van der Waals surface area contributed by atoms with E-state index in [0.29, 0.717) is 17.1 Å². The second-order valence-electron chi connectivity index (χ2n) is 9.79. The van der Waals surface area contributed by atoms with Crippen molar-refractivity contribution in [2.24, 2.45) is 7.05 Å². The molecule has 1 aliphatic rings. The summed E-state index contributed by atoms with van der Waals surface area (Å²) in [6.07, 6.45) is 3.12. The lowest BCUT2D eigenvalue weighted by atomic mass is 9.94. The first-order valence-corrected chi connectivity index (χ1v) is 12.2. The zero-order valence-electron chi connectivity index (χ0n) is 21.5. The SMILES string of the molecule is C=C(C)C(=O)Nc1ccc(-c2c(-c3ccc4c(c3)CCC4C(=O)N(C)C)c3c(N)ncnc3n2C)cc1. The minimum Gasteiger partial charge on any atom is -0.383 e. The van der Waals surface area contributed by atoms with Crippen LogP contribution in [0.15, 0.2) is 60.9 Å². The Bertz CT molecular complexity index is 1570. The lowest BCUT2D eigenvalue weighted by Crippen LogP contribution is -2.27. The van der Waals surface area contributed by atoms with Crippen molar-refractivity contribution < 1.29 is 9.59 Å². The summed E-state index contributed by atoms with van der Waals surface area (Å²) in [5.74, 6) is 0.217. The van der Waals surface area contributed by atoms with Crippen LogP contribution in [0.1, 0.15) is 30.4 Å². The molecule has 37 heavy (non-hydrogen) atoms. The van der Waals surface area contributed by atoms with Gasteiger partial charge in [-0.05, 0) is 54.2 Å². The molecular formula is C29H30N6O2. The molecule has 5 rings (SSSR count). The van der Waals surface area contributed by atoms with E-state index < -0.39 is 0 Å². The second-order valence-corrected chi connectivity index (χ2v) is 9.79.